The van der Waals surface area contributed by atoms with E-state index < -0.39 is 18.2 Å². The molecule has 0 fully saturated rings. The van der Waals surface area contributed by atoms with Gasteiger partial charge in [-0.3, -0.25) is 0 Å². The topological polar surface area (TPSA) is 107 Å². The van der Waals surface area contributed by atoms with Gasteiger partial charge in [-0.15, -0.1) is 0 Å². The van der Waals surface area contributed by atoms with Crippen molar-refractivity contribution in [2.24, 2.45) is 0 Å². The normalized spacial score (nSPS) is 11.1. The molecule has 0 saturated carbocycles. The molecule has 0 aliphatic carbocycles. The van der Waals surface area contributed by atoms with Crippen LogP contribution in [0, 0.1) is 0 Å². The summed E-state index contributed by atoms with van der Waals surface area (Å²) in [5, 5.41) is 0. The molecular weight excluding hydrogens is 600 g/mol. The van der Waals surface area contributed by atoms with Gasteiger partial charge in [-0.1, -0.05) is 45.1 Å². The van der Waals surface area contributed by atoms with Crippen LogP contribution in [0.2, 0.25) is 0 Å². The van der Waals surface area contributed by atoms with Crippen molar-refractivity contribution in [3.05, 3.63) is 109 Å². The Morgan fingerprint density at radius 2 is 1.26 bits per heavy atom. The molecule has 0 saturated heterocycles. The van der Waals surface area contributed by atoms with Crippen LogP contribution < -0.4 is 18.9 Å². The lowest BCUT2D eigenvalue weighted by atomic mass is 10.1. The van der Waals surface area contributed by atoms with Crippen LogP contribution in [0.3, 0.4) is 0 Å². The first kappa shape index (κ1) is 36.4. The van der Waals surface area contributed by atoms with Crippen LogP contribution in [0.5, 0.6) is 23.0 Å². The third-order valence-electron chi connectivity index (χ3n) is 6.90. The average molecular weight is 645 g/mol. The van der Waals surface area contributed by atoms with Gasteiger partial charge in [0.15, 0.2) is 0 Å². The third-order valence-corrected chi connectivity index (χ3v) is 6.90. The summed E-state index contributed by atoms with van der Waals surface area (Å²) in [7, 11) is 0. The molecule has 3 rings (SSSR count). The molecule has 250 valence electrons. The first-order chi connectivity index (χ1) is 22.9. The zero-order valence-electron chi connectivity index (χ0n) is 27.0. The van der Waals surface area contributed by atoms with E-state index in [2.05, 4.69) is 20.1 Å². The summed E-state index contributed by atoms with van der Waals surface area (Å²) in [6, 6.07) is 21.0. The molecular formula is C38H44O9. The summed E-state index contributed by atoms with van der Waals surface area (Å²) in [5.74, 6) is 0.893. The molecule has 0 aliphatic heterocycles. The summed E-state index contributed by atoms with van der Waals surface area (Å²) in [6.45, 7) is 10.3. The molecule has 1 atom stereocenters. The molecule has 0 bridgehead atoms. The van der Waals surface area contributed by atoms with Crippen molar-refractivity contribution in [3.8, 4) is 23.0 Å². The van der Waals surface area contributed by atoms with Gasteiger partial charge in [-0.25, -0.2) is 14.4 Å². The first-order valence-corrected chi connectivity index (χ1v) is 16.0. The Labute approximate surface area is 277 Å². The zero-order chi connectivity index (χ0) is 33.7. The standard InChI is InChI=1S/C38H44O9/c1-4-7-10-13-37(47-36(40)6-3)45-33-22-24-34(25-23-33)46-38(41)30-16-14-29(15-17-30)28-44-32-20-18-31(19-21-32)42-26-11-8-9-12-27-43-35(39)5-2/h5-6,14-25,37H,2-4,7-13,26-28H2,1H3. The quantitative estimate of drug-likeness (QED) is 0.0352. The molecule has 9 nitrogen and oxygen atoms in total. The van der Waals surface area contributed by atoms with Gasteiger partial charge in [0.2, 0.25) is 6.29 Å². The predicted octanol–water partition coefficient (Wildman–Crippen LogP) is 8.17. The van der Waals surface area contributed by atoms with Crippen molar-refractivity contribution in [1.82, 2.24) is 0 Å². The third kappa shape index (κ3) is 14.3. The van der Waals surface area contributed by atoms with Crippen LogP contribution in [-0.2, 0) is 25.7 Å². The Morgan fingerprint density at radius 3 is 1.89 bits per heavy atom. The van der Waals surface area contributed by atoms with Crippen LogP contribution in [0.1, 0.15) is 74.2 Å². The monoisotopic (exact) mass is 644 g/mol. The zero-order valence-corrected chi connectivity index (χ0v) is 27.0. The van der Waals surface area contributed by atoms with Crippen molar-refractivity contribution in [2.45, 2.75) is 71.2 Å². The van der Waals surface area contributed by atoms with Gasteiger partial charge in [0.25, 0.3) is 0 Å². The van der Waals surface area contributed by atoms with Gasteiger partial charge in [0, 0.05) is 18.6 Å². The summed E-state index contributed by atoms with van der Waals surface area (Å²) < 4.78 is 33.3. The van der Waals surface area contributed by atoms with Gasteiger partial charge < -0.3 is 28.4 Å². The van der Waals surface area contributed by atoms with Crippen molar-refractivity contribution in [1.29, 1.82) is 0 Å². The maximum absolute atomic E-state index is 12.7. The first-order valence-electron chi connectivity index (χ1n) is 16.0. The predicted molar refractivity (Wildman–Crippen MR) is 179 cm³/mol. The number of ether oxygens (including phenoxy) is 6. The summed E-state index contributed by atoms with van der Waals surface area (Å²) in [4.78, 5) is 35.4. The van der Waals surface area contributed by atoms with Gasteiger partial charge in [0.1, 0.15) is 29.6 Å². The highest BCUT2D eigenvalue weighted by molar-refractivity contribution is 5.91. The smallest absolute Gasteiger partial charge is 0.343 e. The lowest BCUT2D eigenvalue weighted by Crippen LogP contribution is -2.23. The van der Waals surface area contributed by atoms with E-state index in [1.165, 1.54) is 6.08 Å². The molecule has 0 spiro atoms. The second-order valence-corrected chi connectivity index (χ2v) is 10.6. The van der Waals surface area contributed by atoms with Crippen molar-refractivity contribution < 1.29 is 42.8 Å². The maximum atomic E-state index is 12.7. The second kappa shape index (κ2) is 20.9. The van der Waals surface area contributed by atoms with Crippen molar-refractivity contribution in [2.75, 3.05) is 13.2 Å². The molecule has 0 radical (unpaired) electrons. The van der Waals surface area contributed by atoms with E-state index in [4.69, 9.17) is 28.4 Å². The van der Waals surface area contributed by atoms with E-state index in [-0.39, 0.29) is 5.97 Å². The molecule has 0 aromatic heterocycles. The van der Waals surface area contributed by atoms with Crippen molar-refractivity contribution >= 4 is 17.9 Å². The van der Waals surface area contributed by atoms with Crippen LogP contribution in [0.4, 0.5) is 0 Å². The Morgan fingerprint density at radius 1 is 0.660 bits per heavy atom. The Kier molecular flexibility index (Phi) is 16.2. The number of hydrogen-bond acceptors (Lipinski definition) is 9. The Hall–Kier alpha value is -5.05. The van der Waals surface area contributed by atoms with E-state index in [9.17, 15) is 14.4 Å². The number of benzene rings is 3. The molecule has 9 heteroatoms. The molecule has 47 heavy (non-hydrogen) atoms. The van der Waals surface area contributed by atoms with Gasteiger partial charge >= 0.3 is 17.9 Å². The highest BCUT2D eigenvalue weighted by atomic mass is 16.7. The minimum Gasteiger partial charge on any atom is -0.494 e. The highest BCUT2D eigenvalue weighted by Gasteiger charge is 2.15. The van der Waals surface area contributed by atoms with Crippen LogP contribution in [0.25, 0.3) is 0 Å². The fourth-order valence-electron chi connectivity index (χ4n) is 4.30. The van der Waals surface area contributed by atoms with Crippen molar-refractivity contribution in [3.63, 3.8) is 0 Å². The number of unbranched alkanes of at least 4 members (excludes halogenated alkanes) is 5. The summed E-state index contributed by atoms with van der Waals surface area (Å²) >= 11 is 0. The minimum atomic E-state index is -0.725. The lowest BCUT2D eigenvalue weighted by molar-refractivity contribution is -0.158. The van der Waals surface area contributed by atoms with Gasteiger partial charge in [-0.2, -0.15) is 0 Å². The summed E-state index contributed by atoms with van der Waals surface area (Å²) in [5.41, 5.74) is 1.30. The van der Waals surface area contributed by atoms with E-state index in [1.54, 1.807) is 36.4 Å². The number of esters is 3. The molecule has 0 amide bonds. The number of carbonyl (C=O) groups is 3. The van der Waals surface area contributed by atoms with Crippen LogP contribution in [-0.4, -0.2) is 37.4 Å². The highest BCUT2D eigenvalue weighted by Crippen LogP contribution is 2.23. The van der Waals surface area contributed by atoms with E-state index in [1.807, 2.05) is 36.4 Å². The maximum Gasteiger partial charge on any atom is 0.343 e. The molecule has 0 N–H and O–H groups in total. The fraction of sp³-hybridized carbons (Fsp3) is 0.342. The largest absolute Gasteiger partial charge is 0.494 e. The number of carbonyl (C=O) groups excluding carboxylic acids is 3. The molecule has 0 aliphatic rings. The van der Waals surface area contributed by atoms with E-state index in [0.717, 1.165) is 62.3 Å². The summed E-state index contributed by atoms with van der Waals surface area (Å²) in [6.07, 6.45) is 8.70. The average Bonchev–Trinajstić information content (AvgIpc) is 3.09. The fourth-order valence-corrected chi connectivity index (χ4v) is 4.30. The molecule has 1 unspecified atom stereocenters. The van der Waals surface area contributed by atoms with E-state index in [0.29, 0.717) is 49.1 Å². The lowest BCUT2D eigenvalue weighted by Gasteiger charge is -2.19. The van der Waals surface area contributed by atoms with Gasteiger partial charge in [-0.05, 0) is 98.3 Å². The second-order valence-electron chi connectivity index (χ2n) is 10.6. The van der Waals surface area contributed by atoms with E-state index >= 15 is 0 Å². The molecule has 3 aromatic rings. The van der Waals surface area contributed by atoms with Crippen LogP contribution in [0.15, 0.2) is 98.1 Å². The Balaban J connectivity index is 1.37. The van der Waals surface area contributed by atoms with Gasteiger partial charge in [0.05, 0.1) is 18.8 Å². The number of hydrogen-bond donors (Lipinski definition) is 0. The molecule has 3 aromatic carbocycles. The Bertz CT molecular complexity index is 1400. The molecule has 0 heterocycles. The van der Waals surface area contributed by atoms with Crippen LogP contribution >= 0.6 is 0 Å². The SMILES string of the molecule is C=CC(=O)OCCCCCCOc1ccc(OCc2ccc(C(=O)Oc3ccc(OC(CCCCC)OC(=O)C=C)cc3)cc2)cc1. The number of rotatable bonds is 22. The minimum absolute atomic E-state index is 0.334.